The SMILES string of the molecule is CCOP(=O)(Cc1ccc(Nc2ncc(C(F)(F)F)c(Nc3ccc([C@H]4CC[C@@H](C(=O)O)CC4)c4c3C(=O)N(C)C4)n2)cn1)OCC. The number of carboxylic acids is 1. The summed E-state index contributed by atoms with van der Waals surface area (Å²) < 4.78 is 65.7. The first-order valence-corrected chi connectivity index (χ1v) is 17.0. The third-order valence-electron chi connectivity index (χ3n) is 8.26. The predicted octanol–water partition coefficient (Wildman–Crippen LogP) is 7.09. The second-order valence-electron chi connectivity index (χ2n) is 11.5. The third-order valence-corrected chi connectivity index (χ3v) is 10.3. The Bertz CT molecular complexity index is 1670. The lowest BCUT2D eigenvalue weighted by molar-refractivity contribution is -0.143. The normalized spacial score (nSPS) is 18.3. The molecule has 0 bridgehead atoms. The van der Waals surface area contributed by atoms with E-state index in [1.807, 2.05) is 0 Å². The molecule has 252 valence electrons. The molecule has 2 aromatic heterocycles. The maximum atomic E-state index is 14.1. The zero-order valence-electron chi connectivity index (χ0n) is 26.1. The predicted molar refractivity (Wildman–Crippen MR) is 167 cm³/mol. The topological polar surface area (TPSA) is 156 Å². The quantitative estimate of drug-likeness (QED) is 0.168. The molecule has 0 atom stereocenters. The lowest BCUT2D eigenvalue weighted by Gasteiger charge is -2.28. The van der Waals surface area contributed by atoms with Gasteiger partial charge in [-0.2, -0.15) is 18.2 Å². The van der Waals surface area contributed by atoms with Gasteiger partial charge in [0.25, 0.3) is 5.91 Å². The minimum Gasteiger partial charge on any atom is -0.481 e. The lowest BCUT2D eigenvalue weighted by atomic mass is 9.77. The molecular weight excluding hydrogens is 640 g/mol. The molecule has 1 amide bonds. The van der Waals surface area contributed by atoms with E-state index in [9.17, 15) is 32.4 Å². The van der Waals surface area contributed by atoms with Gasteiger partial charge in [0.2, 0.25) is 5.95 Å². The van der Waals surface area contributed by atoms with Crippen LogP contribution >= 0.6 is 7.60 Å². The molecule has 3 aromatic rings. The van der Waals surface area contributed by atoms with E-state index in [1.54, 1.807) is 45.2 Å². The number of alkyl halides is 3. The van der Waals surface area contributed by atoms with Crippen molar-refractivity contribution in [2.24, 2.45) is 5.92 Å². The number of hydrogen-bond donors (Lipinski definition) is 3. The van der Waals surface area contributed by atoms with E-state index in [0.29, 0.717) is 48.8 Å². The van der Waals surface area contributed by atoms with Crippen LogP contribution < -0.4 is 10.6 Å². The van der Waals surface area contributed by atoms with Crippen LogP contribution in [0.25, 0.3) is 0 Å². The van der Waals surface area contributed by atoms with E-state index < -0.39 is 37.0 Å². The Labute approximate surface area is 269 Å². The van der Waals surface area contributed by atoms with Gasteiger partial charge >= 0.3 is 19.7 Å². The first-order valence-electron chi connectivity index (χ1n) is 15.3. The van der Waals surface area contributed by atoms with Gasteiger partial charge in [-0.05, 0) is 74.8 Å². The van der Waals surface area contributed by atoms with E-state index >= 15 is 0 Å². The van der Waals surface area contributed by atoms with Crippen molar-refractivity contribution in [3.8, 4) is 0 Å². The van der Waals surface area contributed by atoms with Gasteiger partial charge in [0.1, 0.15) is 11.4 Å². The summed E-state index contributed by atoms with van der Waals surface area (Å²) in [6.07, 6.45) is -0.484. The van der Waals surface area contributed by atoms with E-state index in [0.717, 1.165) is 5.56 Å². The monoisotopic (exact) mass is 676 g/mol. The number of pyridine rings is 1. The zero-order chi connectivity index (χ0) is 33.9. The molecular formula is C31H36F3N6O6P. The van der Waals surface area contributed by atoms with Crippen LogP contribution in [0.1, 0.15) is 78.2 Å². The number of carboxylic acid groups (broad SMARTS) is 1. The van der Waals surface area contributed by atoms with Crippen LogP contribution in [0, 0.1) is 5.92 Å². The maximum absolute atomic E-state index is 14.1. The van der Waals surface area contributed by atoms with E-state index in [-0.39, 0.29) is 54.9 Å². The van der Waals surface area contributed by atoms with Crippen LogP contribution in [0.3, 0.4) is 0 Å². The number of hydrogen-bond acceptors (Lipinski definition) is 10. The van der Waals surface area contributed by atoms with Crippen molar-refractivity contribution in [2.75, 3.05) is 30.9 Å². The van der Waals surface area contributed by atoms with Crippen molar-refractivity contribution in [3.63, 3.8) is 0 Å². The molecule has 1 aliphatic heterocycles. The van der Waals surface area contributed by atoms with Gasteiger partial charge in [0.05, 0.1) is 54.1 Å². The average Bonchev–Trinajstić information content (AvgIpc) is 3.32. The molecule has 1 fully saturated rings. The van der Waals surface area contributed by atoms with Gasteiger partial charge in [-0.15, -0.1) is 0 Å². The molecule has 47 heavy (non-hydrogen) atoms. The molecule has 0 unspecified atom stereocenters. The van der Waals surface area contributed by atoms with Crippen molar-refractivity contribution in [2.45, 2.75) is 64.3 Å². The third kappa shape index (κ3) is 7.74. The van der Waals surface area contributed by atoms with Crippen LogP contribution in [0.2, 0.25) is 0 Å². The lowest BCUT2D eigenvalue weighted by Crippen LogP contribution is -2.21. The summed E-state index contributed by atoms with van der Waals surface area (Å²) in [5, 5.41) is 15.0. The Morgan fingerprint density at radius 3 is 2.34 bits per heavy atom. The number of nitrogens with zero attached hydrogens (tertiary/aromatic N) is 4. The number of rotatable bonds is 12. The number of aliphatic carboxylic acids is 1. The van der Waals surface area contributed by atoms with Crippen molar-refractivity contribution < 1.29 is 41.5 Å². The second-order valence-corrected chi connectivity index (χ2v) is 13.5. The van der Waals surface area contributed by atoms with Crippen LogP contribution in [0.5, 0.6) is 0 Å². The Kier molecular flexibility index (Phi) is 10.2. The average molecular weight is 677 g/mol. The number of fused-ring (bicyclic) bond motifs is 1. The molecule has 0 spiro atoms. The second kappa shape index (κ2) is 14.0. The van der Waals surface area contributed by atoms with E-state index in [4.69, 9.17) is 9.05 Å². The van der Waals surface area contributed by atoms with E-state index in [1.165, 1.54) is 11.1 Å². The Hall–Kier alpha value is -4.07. The van der Waals surface area contributed by atoms with Crippen LogP contribution in [-0.4, -0.2) is 57.1 Å². The Morgan fingerprint density at radius 1 is 1.04 bits per heavy atom. The zero-order valence-corrected chi connectivity index (χ0v) is 27.0. The summed E-state index contributed by atoms with van der Waals surface area (Å²) in [4.78, 5) is 38.4. The van der Waals surface area contributed by atoms with Crippen LogP contribution in [-0.2, 0) is 37.3 Å². The summed E-state index contributed by atoms with van der Waals surface area (Å²) in [6.45, 7) is 4.09. The van der Waals surface area contributed by atoms with Crippen molar-refractivity contribution in [1.82, 2.24) is 19.9 Å². The summed E-state index contributed by atoms with van der Waals surface area (Å²) in [5.41, 5.74) is 1.73. The summed E-state index contributed by atoms with van der Waals surface area (Å²) >= 11 is 0. The number of amides is 1. The van der Waals surface area contributed by atoms with E-state index in [2.05, 4.69) is 25.6 Å². The molecule has 16 heteroatoms. The van der Waals surface area contributed by atoms with Gasteiger partial charge in [-0.1, -0.05) is 6.07 Å². The Morgan fingerprint density at radius 2 is 1.74 bits per heavy atom. The highest BCUT2D eigenvalue weighted by molar-refractivity contribution is 7.53. The van der Waals surface area contributed by atoms with Gasteiger partial charge in [-0.25, -0.2) is 4.98 Å². The minimum atomic E-state index is -4.80. The summed E-state index contributed by atoms with van der Waals surface area (Å²) in [7, 11) is -1.77. The number of nitrogens with one attached hydrogen (secondary N) is 2. The molecule has 0 radical (unpaired) electrons. The fourth-order valence-electron chi connectivity index (χ4n) is 6.03. The van der Waals surface area contributed by atoms with Crippen molar-refractivity contribution in [3.05, 3.63) is 64.6 Å². The van der Waals surface area contributed by atoms with Crippen LogP contribution in [0.4, 0.5) is 36.3 Å². The molecule has 12 nitrogen and oxygen atoms in total. The number of carbonyl (C=O) groups is 2. The van der Waals surface area contributed by atoms with Crippen molar-refractivity contribution in [1.29, 1.82) is 0 Å². The minimum absolute atomic E-state index is 0.0403. The fourth-order valence-corrected chi connectivity index (χ4v) is 7.66. The van der Waals surface area contributed by atoms with Crippen molar-refractivity contribution >= 4 is 42.6 Å². The standard InChI is InChI=1S/C31H36F3N6O6P/c1-4-45-47(44,46-5-2)17-21-11-10-20(14-35-21)37-30-36-15-24(31(32,33)34)27(39-30)38-25-13-12-22(23-16-40(3)28(41)26(23)25)18-6-8-19(9-7-18)29(42)43/h10-15,18-19H,4-9,16-17H2,1-3H3,(H,42,43)(H2,36,37,38,39)/t18-,19+. The number of halogens is 3. The highest BCUT2D eigenvalue weighted by Gasteiger charge is 2.38. The highest BCUT2D eigenvalue weighted by Crippen LogP contribution is 2.51. The highest BCUT2D eigenvalue weighted by atomic mass is 31.2. The van der Waals surface area contributed by atoms with Gasteiger partial charge in [0, 0.05) is 19.8 Å². The molecule has 1 aromatic carbocycles. The summed E-state index contributed by atoms with van der Waals surface area (Å²) in [6, 6.07) is 6.55. The van der Waals surface area contributed by atoms with Gasteiger partial charge in [0.15, 0.2) is 0 Å². The Balaban J connectivity index is 1.41. The molecule has 0 saturated heterocycles. The maximum Gasteiger partial charge on any atom is 0.421 e. The van der Waals surface area contributed by atoms with Gasteiger partial charge < -0.3 is 29.7 Å². The van der Waals surface area contributed by atoms with Crippen LogP contribution in [0.15, 0.2) is 36.7 Å². The molecule has 3 N–H and O–H groups in total. The number of benzene rings is 1. The smallest absolute Gasteiger partial charge is 0.421 e. The first kappa shape index (κ1) is 34.3. The fraction of sp³-hybridized carbons (Fsp3) is 0.452. The number of aromatic nitrogens is 3. The number of anilines is 4. The number of carbonyl (C=O) groups excluding carboxylic acids is 1. The molecule has 3 heterocycles. The molecule has 2 aliphatic rings. The van der Waals surface area contributed by atoms with Gasteiger partial charge in [-0.3, -0.25) is 19.1 Å². The molecule has 1 aliphatic carbocycles. The summed E-state index contributed by atoms with van der Waals surface area (Å²) in [5.74, 6) is -2.22. The molecule has 1 saturated carbocycles. The first-order chi connectivity index (χ1) is 22.3. The molecule has 5 rings (SSSR count). The largest absolute Gasteiger partial charge is 0.481 e.